The number of amides is 3. The van der Waals surface area contributed by atoms with Gasteiger partial charge < -0.3 is 14.7 Å². The summed E-state index contributed by atoms with van der Waals surface area (Å²) in [6, 6.07) is -0.938. The average molecular weight is 469 g/mol. The summed E-state index contributed by atoms with van der Waals surface area (Å²) in [5.41, 5.74) is 0. The van der Waals surface area contributed by atoms with Crippen LogP contribution in [-0.4, -0.2) is 125 Å². The predicted octanol–water partition coefficient (Wildman–Crippen LogP) is 1.55. The van der Waals surface area contributed by atoms with Crippen LogP contribution in [0.3, 0.4) is 0 Å². The SMILES string of the molecule is CCN(CC)C(C)C(=O)N1CN(C(=O)C(C)N(CC)CC)CN(C(=O)C(C)N(CC)CC)C1. The lowest BCUT2D eigenvalue weighted by atomic mass is 10.2. The number of nitrogens with zero attached hydrogens (tertiary/aromatic N) is 6. The average Bonchev–Trinajstić information content (AvgIpc) is 2.84. The van der Waals surface area contributed by atoms with Crippen LogP contribution in [-0.2, 0) is 14.4 Å². The van der Waals surface area contributed by atoms with E-state index in [4.69, 9.17) is 0 Å². The van der Waals surface area contributed by atoms with Crippen LogP contribution in [0.25, 0.3) is 0 Å². The summed E-state index contributed by atoms with van der Waals surface area (Å²) in [4.78, 5) is 51.5. The molecule has 0 saturated carbocycles. The maximum atomic E-state index is 13.4. The maximum Gasteiger partial charge on any atom is 0.242 e. The first-order valence-electron chi connectivity index (χ1n) is 12.7. The summed E-state index contributed by atoms with van der Waals surface area (Å²) in [5, 5.41) is 0. The van der Waals surface area contributed by atoms with Crippen LogP contribution in [0.5, 0.6) is 0 Å². The van der Waals surface area contributed by atoms with Gasteiger partial charge in [0, 0.05) is 0 Å². The van der Waals surface area contributed by atoms with Crippen molar-refractivity contribution in [1.29, 1.82) is 0 Å². The van der Waals surface area contributed by atoms with Gasteiger partial charge in [-0.2, -0.15) is 0 Å². The molecule has 3 atom stereocenters. The second-order valence-electron chi connectivity index (χ2n) is 8.75. The Hall–Kier alpha value is -1.71. The molecule has 9 nitrogen and oxygen atoms in total. The zero-order valence-electron chi connectivity index (χ0n) is 22.5. The molecule has 9 heteroatoms. The molecule has 1 saturated heterocycles. The van der Waals surface area contributed by atoms with Crippen molar-refractivity contribution in [3.8, 4) is 0 Å². The number of hydrogen-bond acceptors (Lipinski definition) is 6. The molecule has 3 unspecified atom stereocenters. The van der Waals surface area contributed by atoms with Crippen LogP contribution in [0.15, 0.2) is 0 Å². The van der Waals surface area contributed by atoms with Crippen LogP contribution in [0.4, 0.5) is 0 Å². The Bertz CT molecular complexity index is 542. The number of hydrogen-bond donors (Lipinski definition) is 0. The van der Waals surface area contributed by atoms with E-state index in [1.54, 1.807) is 14.7 Å². The Morgan fingerprint density at radius 1 is 0.515 bits per heavy atom. The van der Waals surface area contributed by atoms with E-state index in [1.165, 1.54) is 0 Å². The predicted molar refractivity (Wildman–Crippen MR) is 132 cm³/mol. The van der Waals surface area contributed by atoms with Gasteiger partial charge in [0.05, 0.1) is 38.1 Å². The molecule has 0 aromatic carbocycles. The van der Waals surface area contributed by atoms with Gasteiger partial charge in [-0.15, -0.1) is 0 Å². The van der Waals surface area contributed by atoms with Crippen LogP contribution >= 0.6 is 0 Å². The fraction of sp³-hybridized carbons (Fsp3) is 0.875. The smallest absolute Gasteiger partial charge is 0.242 e. The minimum atomic E-state index is -0.313. The molecule has 0 N–H and O–H groups in total. The number of carbonyl (C=O) groups excluding carboxylic acids is 3. The van der Waals surface area contributed by atoms with Gasteiger partial charge in [-0.1, -0.05) is 41.5 Å². The third-order valence-corrected chi connectivity index (χ3v) is 7.11. The fourth-order valence-corrected chi connectivity index (χ4v) is 4.75. The van der Waals surface area contributed by atoms with E-state index in [9.17, 15) is 14.4 Å². The normalized spacial score (nSPS) is 17.6. The summed E-state index contributed by atoms with van der Waals surface area (Å²) in [6.45, 7) is 23.1. The first kappa shape index (κ1) is 29.3. The second kappa shape index (κ2) is 13.9. The van der Waals surface area contributed by atoms with Crippen molar-refractivity contribution in [3.05, 3.63) is 0 Å². The molecular formula is C24H48N6O3. The lowest BCUT2D eigenvalue weighted by Gasteiger charge is -2.46. The summed E-state index contributed by atoms with van der Waals surface area (Å²) < 4.78 is 0. The van der Waals surface area contributed by atoms with Gasteiger partial charge in [-0.05, 0) is 60.0 Å². The Balaban J connectivity index is 3.21. The van der Waals surface area contributed by atoms with Crippen molar-refractivity contribution in [2.75, 3.05) is 59.3 Å². The van der Waals surface area contributed by atoms with Gasteiger partial charge in [-0.25, -0.2) is 0 Å². The topological polar surface area (TPSA) is 70.7 Å². The molecule has 0 radical (unpaired) electrons. The molecule has 1 heterocycles. The van der Waals surface area contributed by atoms with Crippen molar-refractivity contribution in [3.63, 3.8) is 0 Å². The zero-order chi connectivity index (χ0) is 25.3. The third kappa shape index (κ3) is 7.13. The summed E-state index contributed by atoms with van der Waals surface area (Å²) in [5.74, 6) is -0.167. The van der Waals surface area contributed by atoms with Crippen LogP contribution < -0.4 is 0 Å². The van der Waals surface area contributed by atoms with Crippen molar-refractivity contribution in [2.45, 2.75) is 80.4 Å². The summed E-state index contributed by atoms with van der Waals surface area (Å²) >= 11 is 0. The molecule has 33 heavy (non-hydrogen) atoms. The molecule has 0 spiro atoms. The van der Waals surface area contributed by atoms with Gasteiger partial charge >= 0.3 is 0 Å². The van der Waals surface area contributed by atoms with Gasteiger partial charge in [0.1, 0.15) is 0 Å². The summed E-state index contributed by atoms with van der Waals surface area (Å²) in [7, 11) is 0. The van der Waals surface area contributed by atoms with Crippen LogP contribution in [0, 0.1) is 0 Å². The van der Waals surface area contributed by atoms with E-state index >= 15 is 0 Å². The molecule has 3 amide bonds. The molecule has 192 valence electrons. The molecule has 1 aliphatic heterocycles. The Kier molecular flexibility index (Phi) is 12.3. The standard InChI is InChI=1S/C24H48N6O3/c1-10-25(11-2)19(7)22(31)28-16-29(23(32)20(8)26(12-3)13-4)18-30(17-28)24(33)21(9)27(14-5)15-6/h19-21H,10-18H2,1-9H3. The van der Waals surface area contributed by atoms with E-state index < -0.39 is 0 Å². The molecule has 0 bridgehead atoms. The lowest BCUT2D eigenvalue weighted by Crippen LogP contribution is -2.65. The highest BCUT2D eigenvalue weighted by Gasteiger charge is 2.38. The largest absolute Gasteiger partial charge is 0.306 e. The zero-order valence-corrected chi connectivity index (χ0v) is 22.5. The summed E-state index contributed by atoms with van der Waals surface area (Å²) in [6.07, 6.45) is 0. The lowest BCUT2D eigenvalue weighted by molar-refractivity contribution is -0.164. The van der Waals surface area contributed by atoms with Crippen molar-refractivity contribution in [1.82, 2.24) is 29.4 Å². The minimum Gasteiger partial charge on any atom is -0.306 e. The fourth-order valence-electron chi connectivity index (χ4n) is 4.75. The minimum absolute atomic E-state index is 0.0556. The van der Waals surface area contributed by atoms with E-state index in [2.05, 4.69) is 14.7 Å². The number of likely N-dealkylation sites (N-methyl/N-ethyl adjacent to an activating group) is 3. The van der Waals surface area contributed by atoms with Gasteiger partial charge in [0.2, 0.25) is 17.7 Å². The van der Waals surface area contributed by atoms with E-state index in [-0.39, 0.29) is 55.9 Å². The number of rotatable bonds is 12. The second-order valence-corrected chi connectivity index (χ2v) is 8.75. The van der Waals surface area contributed by atoms with Crippen molar-refractivity contribution in [2.24, 2.45) is 0 Å². The molecule has 0 aromatic heterocycles. The molecule has 0 aliphatic carbocycles. The Morgan fingerprint density at radius 3 is 0.848 bits per heavy atom. The van der Waals surface area contributed by atoms with Gasteiger partial charge in [0.25, 0.3) is 0 Å². The molecular weight excluding hydrogens is 420 g/mol. The number of carbonyl (C=O) groups is 3. The van der Waals surface area contributed by atoms with Crippen molar-refractivity contribution >= 4 is 17.7 Å². The van der Waals surface area contributed by atoms with Gasteiger partial charge in [-0.3, -0.25) is 29.1 Å². The van der Waals surface area contributed by atoms with E-state index in [0.29, 0.717) is 0 Å². The maximum absolute atomic E-state index is 13.4. The molecule has 1 fully saturated rings. The third-order valence-electron chi connectivity index (χ3n) is 7.11. The molecule has 0 aromatic rings. The first-order valence-corrected chi connectivity index (χ1v) is 12.7. The van der Waals surface area contributed by atoms with E-state index in [0.717, 1.165) is 39.3 Å². The van der Waals surface area contributed by atoms with Crippen molar-refractivity contribution < 1.29 is 14.4 Å². The van der Waals surface area contributed by atoms with Crippen LogP contribution in [0.1, 0.15) is 62.3 Å². The van der Waals surface area contributed by atoms with Crippen LogP contribution in [0.2, 0.25) is 0 Å². The highest BCUT2D eigenvalue weighted by atomic mass is 16.2. The first-order chi connectivity index (χ1) is 15.6. The highest BCUT2D eigenvalue weighted by Crippen LogP contribution is 2.17. The molecule has 1 aliphatic rings. The molecule has 1 rings (SSSR count). The Morgan fingerprint density at radius 2 is 0.697 bits per heavy atom. The van der Waals surface area contributed by atoms with E-state index in [1.807, 2.05) is 62.3 Å². The highest BCUT2D eigenvalue weighted by molar-refractivity contribution is 5.87. The van der Waals surface area contributed by atoms with Gasteiger partial charge in [0.15, 0.2) is 0 Å². The quantitative estimate of drug-likeness (QED) is 0.433. The monoisotopic (exact) mass is 468 g/mol. The Labute approximate surface area is 201 Å².